The van der Waals surface area contributed by atoms with Crippen LogP contribution in [0.1, 0.15) is 11.3 Å². The van der Waals surface area contributed by atoms with Gasteiger partial charge in [0.1, 0.15) is 5.75 Å². The Balaban J connectivity index is 3.18. The number of hydrogen-bond acceptors (Lipinski definition) is 4. The molecule has 12 heavy (non-hydrogen) atoms. The second-order valence-electron chi connectivity index (χ2n) is 2.45. The average molecular weight is 168 g/mol. The molecule has 1 rings (SSSR count). The number of aryl methyl sites for hydroxylation is 1. The molecular formula is C8H12N2O2. The SMILES string of the molecule is COc1cc(O)c(CN)c(C)n1. The third-order valence-corrected chi connectivity index (χ3v) is 1.70. The molecule has 0 bridgehead atoms. The molecular weight excluding hydrogens is 156 g/mol. The van der Waals surface area contributed by atoms with Gasteiger partial charge in [0, 0.05) is 23.9 Å². The Morgan fingerprint density at radius 3 is 2.75 bits per heavy atom. The molecule has 0 aliphatic carbocycles. The molecule has 4 nitrogen and oxygen atoms in total. The molecule has 0 unspecified atom stereocenters. The zero-order valence-corrected chi connectivity index (χ0v) is 7.16. The van der Waals surface area contributed by atoms with Crippen molar-refractivity contribution in [3.8, 4) is 11.6 Å². The summed E-state index contributed by atoms with van der Waals surface area (Å²) >= 11 is 0. The summed E-state index contributed by atoms with van der Waals surface area (Å²) in [6, 6.07) is 1.45. The fourth-order valence-electron chi connectivity index (χ4n) is 1.01. The lowest BCUT2D eigenvalue weighted by molar-refractivity contribution is 0.388. The molecule has 0 fully saturated rings. The van der Waals surface area contributed by atoms with Crippen LogP contribution in [-0.4, -0.2) is 17.2 Å². The molecule has 0 aliphatic heterocycles. The summed E-state index contributed by atoms with van der Waals surface area (Å²) in [6.45, 7) is 2.07. The van der Waals surface area contributed by atoms with Crippen molar-refractivity contribution in [2.45, 2.75) is 13.5 Å². The van der Waals surface area contributed by atoms with Gasteiger partial charge in [0.25, 0.3) is 0 Å². The standard InChI is InChI=1S/C8H12N2O2/c1-5-6(4-9)7(11)3-8(10-5)12-2/h3H,4,9H2,1-2H3,(H,10,11). The van der Waals surface area contributed by atoms with E-state index in [9.17, 15) is 5.11 Å². The van der Waals surface area contributed by atoms with Crippen molar-refractivity contribution in [2.24, 2.45) is 5.73 Å². The highest BCUT2D eigenvalue weighted by Gasteiger charge is 2.06. The largest absolute Gasteiger partial charge is 0.507 e. The molecule has 4 heteroatoms. The molecule has 1 aromatic heterocycles. The second-order valence-corrected chi connectivity index (χ2v) is 2.45. The molecule has 0 atom stereocenters. The van der Waals surface area contributed by atoms with Crippen molar-refractivity contribution >= 4 is 0 Å². The van der Waals surface area contributed by atoms with Gasteiger partial charge in [-0.3, -0.25) is 0 Å². The van der Waals surface area contributed by atoms with Crippen LogP contribution < -0.4 is 10.5 Å². The lowest BCUT2D eigenvalue weighted by atomic mass is 10.2. The molecule has 0 aromatic carbocycles. The van der Waals surface area contributed by atoms with Gasteiger partial charge in [-0.25, -0.2) is 4.98 Å². The summed E-state index contributed by atoms with van der Waals surface area (Å²) in [5, 5.41) is 9.40. The summed E-state index contributed by atoms with van der Waals surface area (Å²) < 4.78 is 4.86. The molecule has 0 saturated heterocycles. The molecule has 0 aliphatic rings. The average Bonchev–Trinajstić information content (AvgIpc) is 2.03. The zero-order chi connectivity index (χ0) is 9.14. The Hall–Kier alpha value is -1.29. The van der Waals surface area contributed by atoms with Crippen LogP contribution in [0.15, 0.2) is 6.07 Å². The molecule has 1 heterocycles. The number of aromatic hydroxyl groups is 1. The lowest BCUT2D eigenvalue weighted by Gasteiger charge is -2.06. The number of nitrogens with zero attached hydrogens (tertiary/aromatic N) is 1. The quantitative estimate of drug-likeness (QED) is 0.677. The van der Waals surface area contributed by atoms with E-state index in [-0.39, 0.29) is 12.3 Å². The zero-order valence-electron chi connectivity index (χ0n) is 7.16. The summed E-state index contributed by atoms with van der Waals surface area (Å²) in [7, 11) is 1.50. The normalized spacial score (nSPS) is 9.92. The molecule has 0 spiro atoms. The van der Waals surface area contributed by atoms with Crippen LogP contribution in [0.25, 0.3) is 0 Å². The minimum atomic E-state index is 0.141. The fourth-order valence-corrected chi connectivity index (χ4v) is 1.01. The van der Waals surface area contributed by atoms with Gasteiger partial charge in [-0.1, -0.05) is 0 Å². The van der Waals surface area contributed by atoms with Gasteiger partial charge in [-0.15, -0.1) is 0 Å². The first-order valence-electron chi connectivity index (χ1n) is 3.62. The molecule has 1 aromatic rings. The van der Waals surface area contributed by atoms with Crippen LogP contribution in [0.2, 0.25) is 0 Å². The van der Waals surface area contributed by atoms with Crippen molar-refractivity contribution in [1.82, 2.24) is 4.98 Å². The Morgan fingerprint density at radius 1 is 1.67 bits per heavy atom. The second kappa shape index (κ2) is 3.40. The van der Waals surface area contributed by atoms with Crippen LogP contribution in [0.4, 0.5) is 0 Å². The number of ether oxygens (including phenoxy) is 1. The van der Waals surface area contributed by atoms with E-state index >= 15 is 0 Å². The Kier molecular flexibility index (Phi) is 2.50. The molecule has 0 saturated carbocycles. The number of rotatable bonds is 2. The van der Waals surface area contributed by atoms with Gasteiger partial charge >= 0.3 is 0 Å². The van der Waals surface area contributed by atoms with E-state index in [0.717, 1.165) is 0 Å². The lowest BCUT2D eigenvalue weighted by Crippen LogP contribution is -2.02. The Labute approximate surface area is 71.0 Å². The Bertz CT molecular complexity index is 263. The maximum Gasteiger partial charge on any atom is 0.216 e. The highest BCUT2D eigenvalue weighted by atomic mass is 16.5. The summed E-state index contributed by atoms with van der Waals surface area (Å²) in [5.41, 5.74) is 6.77. The minimum Gasteiger partial charge on any atom is -0.507 e. The van der Waals surface area contributed by atoms with E-state index in [0.29, 0.717) is 17.1 Å². The number of methoxy groups -OCH3 is 1. The number of hydrogen-bond donors (Lipinski definition) is 2. The van der Waals surface area contributed by atoms with Crippen molar-refractivity contribution in [3.63, 3.8) is 0 Å². The van der Waals surface area contributed by atoms with Crippen LogP contribution in [-0.2, 0) is 6.54 Å². The maximum absolute atomic E-state index is 9.40. The summed E-state index contributed by atoms with van der Waals surface area (Å²) in [6.07, 6.45) is 0. The van der Waals surface area contributed by atoms with Crippen molar-refractivity contribution in [1.29, 1.82) is 0 Å². The summed E-state index contributed by atoms with van der Waals surface area (Å²) in [4.78, 5) is 4.06. The van der Waals surface area contributed by atoms with Gasteiger partial charge in [-0.2, -0.15) is 0 Å². The topological polar surface area (TPSA) is 68.4 Å². The third kappa shape index (κ3) is 1.48. The van der Waals surface area contributed by atoms with E-state index in [1.807, 2.05) is 0 Å². The van der Waals surface area contributed by atoms with E-state index in [1.165, 1.54) is 13.2 Å². The van der Waals surface area contributed by atoms with Crippen molar-refractivity contribution < 1.29 is 9.84 Å². The monoisotopic (exact) mass is 168 g/mol. The predicted octanol–water partition coefficient (Wildman–Crippen LogP) is 0.563. The van der Waals surface area contributed by atoms with Crippen LogP contribution >= 0.6 is 0 Å². The van der Waals surface area contributed by atoms with Gasteiger partial charge in [0.05, 0.1) is 7.11 Å². The predicted molar refractivity (Wildman–Crippen MR) is 45.1 cm³/mol. The van der Waals surface area contributed by atoms with E-state index in [1.54, 1.807) is 6.92 Å². The van der Waals surface area contributed by atoms with E-state index in [2.05, 4.69) is 4.98 Å². The molecule has 66 valence electrons. The number of pyridine rings is 1. The van der Waals surface area contributed by atoms with Gasteiger partial charge < -0.3 is 15.6 Å². The first kappa shape index (κ1) is 8.80. The van der Waals surface area contributed by atoms with Gasteiger partial charge in [-0.05, 0) is 6.92 Å². The molecule has 3 N–H and O–H groups in total. The Morgan fingerprint density at radius 2 is 2.33 bits per heavy atom. The molecule has 0 radical (unpaired) electrons. The summed E-state index contributed by atoms with van der Waals surface area (Å²) in [5.74, 6) is 0.545. The van der Waals surface area contributed by atoms with E-state index < -0.39 is 0 Å². The minimum absolute atomic E-state index is 0.141. The highest BCUT2D eigenvalue weighted by Crippen LogP contribution is 2.23. The van der Waals surface area contributed by atoms with Gasteiger partial charge in [0.15, 0.2) is 0 Å². The van der Waals surface area contributed by atoms with Crippen LogP contribution in [0.5, 0.6) is 11.6 Å². The van der Waals surface area contributed by atoms with E-state index in [4.69, 9.17) is 10.5 Å². The van der Waals surface area contributed by atoms with Crippen molar-refractivity contribution in [3.05, 3.63) is 17.3 Å². The van der Waals surface area contributed by atoms with Crippen LogP contribution in [0, 0.1) is 6.92 Å². The van der Waals surface area contributed by atoms with Crippen LogP contribution in [0.3, 0.4) is 0 Å². The third-order valence-electron chi connectivity index (χ3n) is 1.70. The first-order chi connectivity index (χ1) is 5.69. The number of aromatic nitrogens is 1. The molecule has 0 amide bonds. The highest BCUT2D eigenvalue weighted by molar-refractivity contribution is 5.38. The smallest absolute Gasteiger partial charge is 0.216 e. The first-order valence-corrected chi connectivity index (χ1v) is 3.62. The fraction of sp³-hybridized carbons (Fsp3) is 0.375. The number of nitrogens with two attached hydrogens (primary N) is 1. The van der Waals surface area contributed by atoms with Gasteiger partial charge in [0.2, 0.25) is 5.88 Å². The maximum atomic E-state index is 9.40. The van der Waals surface area contributed by atoms with Crippen molar-refractivity contribution in [2.75, 3.05) is 7.11 Å².